The smallest absolute Gasteiger partial charge is 0.131 e. The standard InChI is InChI=1S/C14H22FN3O2/c1-3-18-6-7-20-13(9-18)14(17-16)11-5-4-10(19-2)8-12(11)15/h4-5,8,13-14,17H,3,6-7,9,16H2,1-2H3. The van der Waals surface area contributed by atoms with Gasteiger partial charge in [0.2, 0.25) is 0 Å². The van der Waals surface area contributed by atoms with E-state index in [-0.39, 0.29) is 18.0 Å². The molecule has 0 radical (unpaired) electrons. The molecule has 112 valence electrons. The molecule has 5 nitrogen and oxygen atoms in total. The Labute approximate surface area is 118 Å². The van der Waals surface area contributed by atoms with Gasteiger partial charge >= 0.3 is 0 Å². The molecule has 0 amide bonds. The van der Waals surface area contributed by atoms with Gasteiger partial charge in [-0.15, -0.1) is 0 Å². The summed E-state index contributed by atoms with van der Waals surface area (Å²) in [7, 11) is 1.51. The Morgan fingerprint density at radius 1 is 1.60 bits per heavy atom. The number of hydrogen-bond donors (Lipinski definition) is 2. The van der Waals surface area contributed by atoms with Gasteiger partial charge in [-0.1, -0.05) is 13.0 Å². The van der Waals surface area contributed by atoms with Crippen LogP contribution in [0.1, 0.15) is 18.5 Å². The highest BCUT2D eigenvalue weighted by molar-refractivity contribution is 5.31. The molecule has 0 aromatic heterocycles. The lowest BCUT2D eigenvalue weighted by Crippen LogP contribution is -2.49. The fraction of sp³-hybridized carbons (Fsp3) is 0.571. The summed E-state index contributed by atoms with van der Waals surface area (Å²) >= 11 is 0. The van der Waals surface area contributed by atoms with Crippen LogP contribution < -0.4 is 16.0 Å². The predicted molar refractivity (Wildman–Crippen MR) is 74.9 cm³/mol. The molecule has 1 aliphatic rings. The number of halogens is 1. The number of nitrogens with two attached hydrogens (primary N) is 1. The number of nitrogens with one attached hydrogen (secondary N) is 1. The van der Waals surface area contributed by atoms with E-state index >= 15 is 0 Å². The van der Waals surface area contributed by atoms with Crippen LogP contribution in [0.3, 0.4) is 0 Å². The van der Waals surface area contributed by atoms with Gasteiger partial charge in [0.15, 0.2) is 0 Å². The molecule has 1 fully saturated rings. The number of nitrogens with zero attached hydrogens (tertiary/aromatic N) is 1. The number of benzene rings is 1. The van der Waals surface area contributed by atoms with Crippen molar-refractivity contribution in [1.82, 2.24) is 10.3 Å². The number of ether oxygens (including phenoxy) is 2. The van der Waals surface area contributed by atoms with Crippen LogP contribution in [-0.2, 0) is 4.74 Å². The molecule has 20 heavy (non-hydrogen) atoms. The molecular weight excluding hydrogens is 261 g/mol. The second-order valence-corrected chi connectivity index (χ2v) is 4.83. The van der Waals surface area contributed by atoms with Crippen LogP contribution in [0.5, 0.6) is 5.75 Å². The molecule has 0 bridgehead atoms. The number of rotatable bonds is 5. The third-order valence-electron chi connectivity index (χ3n) is 3.72. The Bertz CT molecular complexity index is 444. The molecule has 6 heteroatoms. The summed E-state index contributed by atoms with van der Waals surface area (Å²) < 4.78 is 24.9. The number of morpholine rings is 1. The van der Waals surface area contributed by atoms with E-state index in [9.17, 15) is 4.39 Å². The average molecular weight is 283 g/mol. The molecule has 1 aliphatic heterocycles. The summed E-state index contributed by atoms with van der Waals surface area (Å²) in [5.41, 5.74) is 3.18. The summed E-state index contributed by atoms with van der Waals surface area (Å²) in [6.07, 6.45) is -0.170. The minimum atomic E-state index is -0.379. The van der Waals surface area contributed by atoms with Crippen LogP contribution in [0.15, 0.2) is 18.2 Å². The quantitative estimate of drug-likeness (QED) is 0.625. The molecule has 1 saturated heterocycles. The first-order valence-electron chi connectivity index (χ1n) is 6.83. The summed E-state index contributed by atoms with van der Waals surface area (Å²) in [5, 5.41) is 0. The van der Waals surface area contributed by atoms with E-state index in [1.807, 2.05) is 0 Å². The zero-order valence-corrected chi connectivity index (χ0v) is 11.9. The average Bonchev–Trinajstić information content (AvgIpc) is 2.49. The lowest BCUT2D eigenvalue weighted by Gasteiger charge is -2.36. The minimum Gasteiger partial charge on any atom is -0.497 e. The first-order valence-corrected chi connectivity index (χ1v) is 6.83. The van der Waals surface area contributed by atoms with Crippen LogP contribution >= 0.6 is 0 Å². The first-order chi connectivity index (χ1) is 9.69. The maximum atomic E-state index is 14.2. The van der Waals surface area contributed by atoms with Crippen molar-refractivity contribution in [3.63, 3.8) is 0 Å². The highest BCUT2D eigenvalue weighted by Gasteiger charge is 2.29. The molecule has 1 aromatic rings. The largest absolute Gasteiger partial charge is 0.497 e. The molecule has 0 spiro atoms. The van der Waals surface area contributed by atoms with Crippen LogP contribution in [-0.4, -0.2) is 44.4 Å². The second kappa shape index (κ2) is 6.99. The van der Waals surface area contributed by atoms with Crippen LogP contribution in [0.2, 0.25) is 0 Å². The summed E-state index contributed by atoms with van der Waals surface area (Å²) in [6, 6.07) is 4.39. The van der Waals surface area contributed by atoms with Gasteiger partial charge in [0.25, 0.3) is 0 Å². The zero-order valence-electron chi connectivity index (χ0n) is 11.9. The molecule has 1 aromatic carbocycles. The molecule has 2 rings (SSSR count). The van der Waals surface area contributed by atoms with Gasteiger partial charge in [-0.25, -0.2) is 4.39 Å². The fourth-order valence-corrected chi connectivity index (χ4v) is 2.50. The highest BCUT2D eigenvalue weighted by atomic mass is 19.1. The monoisotopic (exact) mass is 283 g/mol. The van der Waals surface area contributed by atoms with E-state index in [1.165, 1.54) is 13.2 Å². The van der Waals surface area contributed by atoms with Crippen molar-refractivity contribution < 1.29 is 13.9 Å². The zero-order chi connectivity index (χ0) is 14.5. The van der Waals surface area contributed by atoms with Crippen molar-refractivity contribution >= 4 is 0 Å². The van der Waals surface area contributed by atoms with Crippen molar-refractivity contribution in [2.75, 3.05) is 33.4 Å². The van der Waals surface area contributed by atoms with E-state index < -0.39 is 0 Å². The van der Waals surface area contributed by atoms with E-state index in [2.05, 4.69) is 17.2 Å². The van der Waals surface area contributed by atoms with Crippen molar-refractivity contribution in [1.29, 1.82) is 0 Å². The lowest BCUT2D eigenvalue weighted by atomic mass is 9.99. The van der Waals surface area contributed by atoms with E-state index in [1.54, 1.807) is 12.1 Å². The van der Waals surface area contributed by atoms with Crippen LogP contribution in [0.25, 0.3) is 0 Å². The molecule has 3 N–H and O–H groups in total. The maximum Gasteiger partial charge on any atom is 0.131 e. The molecule has 2 unspecified atom stereocenters. The molecule has 1 heterocycles. The molecule has 0 saturated carbocycles. The van der Waals surface area contributed by atoms with E-state index in [0.717, 1.165) is 19.6 Å². The Morgan fingerprint density at radius 2 is 2.40 bits per heavy atom. The number of likely N-dealkylation sites (N-methyl/N-ethyl adjacent to an activating group) is 1. The SMILES string of the molecule is CCN1CCOC(C(NN)c2ccc(OC)cc2F)C1. The van der Waals surface area contributed by atoms with Crippen molar-refractivity contribution in [3.8, 4) is 5.75 Å². The van der Waals surface area contributed by atoms with Crippen LogP contribution in [0.4, 0.5) is 4.39 Å². The van der Waals surface area contributed by atoms with Gasteiger partial charge in [-0.05, 0) is 12.6 Å². The Kier molecular flexibility index (Phi) is 5.31. The Morgan fingerprint density at radius 3 is 3.00 bits per heavy atom. The van der Waals surface area contributed by atoms with Crippen molar-refractivity contribution in [3.05, 3.63) is 29.6 Å². The Hall–Kier alpha value is -1.21. The topological polar surface area (TPSA) is 59.8 Å². The second-order valence-electron chi connectivity index (χ2n) is 4.83. The lowest BCUT2D eigenvalue weighted by molar-refractivity contribution is -0.0461. The summed E-state index contributed by atoms with van der Waals surface area (Å²) in [4.78, 5) is 2.26. The van der Waals surface area contributed by atoms with Crippen LogP contribution in [0, 0.1) is 5.82 Å². The van der Waals surface area contributed by atoms with Gasteiger partial charge in [-0.2, -0.15) is 0 Å². The summed E-state index contributed by atoms with van der Waals surface area (Å²) in [6.45, 7) is 5.31. The van der Waals surface area contributed by atoms with Gasteiger partial charge < -0.3 is 9.47 Å². The van der Waals surface area contributed by atoms with Gasteiger partial charge in [0.1, 0.15) is 11.6 Å². The first kappa shape index (κ1) is 15.2. The maximum absolute atomic E-state index is 14.2. The normalized spacial score (nSPS) is 21.7. The number of hydrogen-bond acceptors (Lipinski definition) is 5. The molecular formula is C14H22FN3O2. The van der Waals surface area contributed by atoms with Gasteiger partial charge in [0.05, 0.1) is 25.9 Å². The van der Waals surface area contributed by atoms with E-state index in [4.69, 9.17) is 15.3 Å². The van der Waals surface area contributed by atoms with Crippen molar-refractivity contribution in [2.24, 2.45) is 5.84 Å². The predicted octanol–water partition coefficient (Wildman–Crippen LogP) is 1.06. The van der Waals surface area contributed by atoms with E-state index in [0.29, 0.717) is 17.9 Å². The third-order valence-corrected chi connectivity index (χ3v) is 3.72. The van der Waals surface area contributed by atoms with Crippen molar-refractivity contribution in [2.45, 2.75) is 19.1 Å². The fourth-order valence-electron chi connectivity index (χ4n) is 2.50. The third kappa shape index (κ3) is 3.27. The minimum absolute atomic E-state index is 0.170. The molecule has 0 aliphatic carbocycles. The van der Waals surface area contributed by atoms with Gasteiger partial charge in [0, 0.05) is 24.7 Å². The number of methoxy groups -OCH3 is 1. The highest BCUT2D eigenvalue weighted by Crippen LogP contribution is 2.26. The Balaban J connectivity index is 2.19. The van der Waals surface area contributed by atoms with Gasteiger partial charge in [-0.3, -0.25) is 16.2 Å². The summed E-state index contributed by atoms with van der Waals surface area (Å²) in [5.74, 6) is 5.76. The number of hydrazine groups is 1. The molecule has 2 atom stereocenters.